The number of rotatable bonds is 4. The number of hydrogen-bond donors (Lipinski definition) is 3. The van der Waals surface area contributed by atoms with Crippen molar-refractivity contribution < 1.29 is 9.18 Å². The smallest absolute Gasteiger partial charge is 0.249 e. The number of allylic oxidation sites excluding steroid dienone is 2. The van der Waals surface area contributed by atoms with Crippen LogP contribution in [0.25, 0.3) is 10.9 Å². The number of amidine groups is 1. The summed E-state index contributed by atoms with van der Waals surface area (Å²) in [5, 5.41) is 11.9. The van der Waals surface area contributed by atoms with Crippen molar-refractivity contribution in [3.8, 4) is 0 Å². The van der Waals surface area contributed by atoms with Crippen LogP contribution in [0.5, 0.6) is 0 Å². The molecule has 0 spiro atoms. The number of primary amides is 1. The molecule has 1 aliphatic heterocycles. The Morgan fingerprint density at radius 2 is 2.17 bits per heavy atom. The van der Waals surface area contributed by atoms with Crippen LogP contribution in [0.3, 0.4) is 0 Å². The van der Waals surface area contributed by atoms with Gasteiger partial charge in [-0.1, -0.05) is 24.3 Å². The SMILES string of the molecule is NC(=O)c1cccc2c1cnn2C1N=C(NCc2cccc(F)c2)C2=C(C=CC2)N1. The molecule has 1 aromatic heterocycles. The van der Waals surface area contributed by atoms with Crippen LogP contribution in [0.4, 0.5) is 4.39 Å². The van der Waals surface area contributed by atoms with E-state index in [4.69, 9.17) is 10.7 Å². The predicted octanol–water partition coefficient (Wildman–Crippen LogP) is 2.74. The first-order valence-corrected chi connectivity index (χ1v) is 9.59. The van der Waals surface area contributed by atoms with E-state index in [2.05, 4.69) is 21.8 Å². The Morgan fingerprint density at radius 3 is 3.00 bits per heavy atom. The average molecular weight is 402 g/mol. The molecule has 0 saturated carbocycles. The Bertz CT molecular complexity index is 1260. The molecule has 3 aromatic rings. The number of aliphatic imine (C=N–C) groups is 1. The first-order chi connectivity index (χ1) is 14.6. The van der Waals surface area contributed by atoms with Crippen LogP contribution >= 0.6 is 0 Å². The molecule has 30 heavy (non-hydrogen) atoms. The van der Waals surface area contributed by atoms with Gasteiger partial charge in [0, 0.05) is 23.2 Å². The number of hydrogen-bond acceptors (Lipinski definition) is 5. The monoisotopic (exact) mass is 402 g/mol. The number of halogens is 1. The van der Waals surface area contributed by atoms with Crippen molar-refractivity contribution in [2.24, 2.45) is 10.7 Å². The third kappa shape index (κ3) is 3.12. The van der Waals surface area contributed by atoms with Gasteiger partial charge in [-0.3, -0.25) is 4.79 Å². The lowest BCUT2D eigenvalue weighted by Crippen LogP contribution is -2.36. The number of fused-ring (bicyclic) bond motifs is 1. The highest BCUT2D eigenvalue weighted by Gasteiger charge is 2.26. The zero-order valence-electron chi connectivity index (χ0n) is 16.0. The molecule has 1 aliphatic carbocycles. The highest BCUT2D eigenvalue weighted by molar-refractivity contribution is 6.05. The number of benzene rings is 2. The molecule has 8 heteroatoms. The maximum Gasteiger partial charge on any atom is 0.249 e. The summed E-state index contributed by atoms with van der Waals surface area (Å²) in [6, 6.07) is 11.8. The molecule has 5 rings (SSSR count). The van der Waals surface area contributed by atoms with Crippen LogP contribution in [0.1, 0.15) is 28.6 Å². The highest BCUT2D eigenvalue weighted by atomic mass is 19.1. The zero-order chi connectivity index (χ0) is 20.7. The Hall–Kier alpha value is -3.94. The first-order valence-electron chi connectivity index (χ1n) is 9.59. The summed E-state index contributed by atoms with van der Waals surface area (Å²) in [6.45, 7) is 0.450. The van der Waals surface area contributed by atoms with Crippen LogP contribution in [-0.4, -0.2) is 21.5 Å². The fourth-order valence-corrected chi connectivity index (χ4v) is 3.82. The van der Waals surface area contributed by atoms with Crippen molar-refractivity contribution >= 4 is 22.6 Å². The summed E-state index contributed by atoms with van der Waals surface area (Å²) < 4.78 is 15.2. The van der Waals surface area contributed by atoms with Gasteiger partial charge in [0.05, 0.1) is 17.3 Å². The second-order valence-electron chi connectivity index (χ2n) is 7.17. The van der Waals surface area contributed by atoms with Gasteiger partial charge in [0.15, 0.2) is 0 Å². The Kier molecular flexibility index (Phi) is 4.31. The minimum Gasteiger partial charge on any atom is -0.366 e. The van der Waals surface area contributed by atoms with Crippen molar-refractivity contribution in [3.63, 3.8) is 0 Å². The molecule has 4 N–H and O–H groups in total. The van der Waals surface area contributed by atoms with Crippen molar-refractivity contribution in [2.75, 3.05) is 0 Å². The van der Waals surface area contributed by atoms with Crippen molar-refractivity contribution in [1.82, 2.24) is 20.4 Å². The highest BCUT2D eigenvalue weighted by Crippen LogP contribution is 2.28. The van der Waals surface area contributed by atoms with E-state index >= 15 is 0 Å². The number of aromatic nitrogens is 2. The fourth-order valence-electron chi connectivity index (χ4n) is 3.82. The van der Waals surface area contributed by atoms with E-state index < -0.39 is 12.2 Å². The lowest BCUT2D eigenvalue weighted by Gasteiger charge is -2.26. The predicted molar refractivity (Wildman–Crippen MR) is 112 cm³/mol. The van der Waals surface area contributed by atoms with Gasteiger partial charge in [-0.25, -0.2) is 14.1 Å². The van der Waals surface area contributed by atoms with Crippen molar-refractivity contribution in [1.29, 1.82) is 0 Å². The summed E-state index contributed by atoms with van der Waals surface area (Å²) in [6.07, 6.45) is 5.96. The van der Waals surface area contributed by atoms with E-state index in [1.54, 1.807) is 29.1 Å². The van der Waals surface area contributed by atoms with Crippen LogP contribution in [0, 0.1) is 5.82 Å². The summed E-state index contributed by atoms with van der Waals surface area (Å²) in [5.74, 6) is -0.0331. The molecule has 1 unspecified atom stereocenters. The molecule has 150 valence electrons. The molecular formula is C22H19FN6O. The van der Waals surface area contributed by atoms with Crippen LogP contribution in [-0.2, 0) is 6.54 Å². The number of nitrogens with zero attached hydrogens (tertiary/aromatic N) is 3. The average Bonchev–Trinajstić information content (AvgIpc) is 3.38. The molecule has 0 fully saturated rings. The second-order valence-corrected chi connectivity index (χ2v) is 7.17. The van der Waals surface area contributed by atoms with Crippen LogP contribution in [0.2, 0.25) is 0 Å². The lowest BCUT2D eigenvalue weighted by atomic mass is 10.1. The summed E-state index contributed by atoms with van der Waals surface area (Å²) >= 11 is 0. The molecule has 2 heterocycles. The van der Waals surface area contributed by atoms with Gasteiger partial charge in [0.1, 0.15) is 11.7 Å². The van der Waals surface area contributed by atoms with Gasteiger partial charge in [0.25, 0.3) is 0 Å². The molecule has 0 radical (unpaired) electrons. The third-order valence-corrected chi connectivity index (χ3v) is 5.24. The molecule has 2 aliphatic rings. The van der Waals surface area contributed by atoms with Crippen molar-refractivity contribution in [3.05, 3.63) is 89.0 Å². The van der Waals surface area contributed by atoms with Gasteiger partial charge < -0.3 is 16.4 Å². The first kappa shape index (κ1) is 18.1. The number of carbonyl (C=O) groups excluding carboxylic acids is 1. The van der Waals surface area contributed by atoms with Crippen LogP contribution < -0.4 is 16.4 Å². The second kappa shape index (κ2) is 7.14. The van der Waals surface area contributed by atoms with Crippen LogP contribution in [0.15, 0.2) is 77.1 Å². The largest absolute Gasteiger partial charge is 0.366 e. The normalized spacial score (nSPS) is 17.6. The quantitative estimate of drug-likeness (QED) is 0.625. The minimum atomic E-state index is -0.499. The van der Waals surface area contributed by atoms with E-state index in [1.165, 1.54) is 12.1 Å². The Labute approximate surface area is 171 Å². The standard InChI is InChI=1S/C22H19FN6O/c23-14-5-1-4-13(10-14)11-25-21-16-7-2-8-18(16)27-22(28-21)29-19-9-3-6-15(20(24)30)17(19)12-26-29/h1-6,8-10,12,22,27H,7,11H2,(H2,24,30)(H,25,28). The topological polar surface area (TPSA) is 97.3 Å². The van der Waals surface area contributed by atoms with Gasteiger partial charge in [-0.2, -0.15) is 5.10 Å². The fraction of sp³-hybridized carbons (Fsp3) is 0.136. The maximum atomic E-state index is 13.5. The molecular weight excluding hydrogens is 383 g/mol. The molecule has 0 saturated heterocycles. The Morgan fingerprint density at radius 1 is 1.30 bits per heavy atom. The number of amides is 1. The summed E-state index contributed by atoms with van der Waals surface area (Å²) in [5.41, 5.74) is 9.51. The molecule has 2 aromatic carbocycles. The van der Waals surface area contributed by atoms with Gasteiger partial charge in [-0.15, -0.1) is 0 Å². The molecule has 1 amide bonds. The van der Waals surface area contributed by atoms with E-state index in [-0.39, 0.29) is 5.82 Å². The Balaban J connectivity index is 1.49. The molecule has 0 bridgehead atoms. The summed E-state index contributed by atoms with van der Waals surface area (Å²) in [7, 11) is 0. The van der Waals surface area contributed by atoms with Gasteiger partial charge >= 0.3 is 0 Å². The zero-order valence-corrected chi connectivity index (χ0v) is 16.0. The minimum absolute atomic E-state index is 0.268. The summed E-state index contributed by atoms with van der Waals surface area (Å²) in [4.78, 5) is 16.6. The van der Waals surface area contributed by atoms with E-state index in [1.807, 2.05) is 18.2 Å². The molecule has 1 atom stereocenters. The van der Waals surface area contributed by atoms with Crippen molar-refractivity contribution in [2.45, 2.75) is 19.3 Å². The number of carbonyl (C=O) groups is 1. The third-order valence-electron chi connectivity index (χ3n) is 5.24. The van der Waals surface area contributed by atoms with Gasteiger partial charge in [0.2, 0.25) is 12.2 Å². The van der Waals surface area contributed by atoms with E-state index in [0.29, 0.717) is 17.5 Å². The van der Waals surface area contributed by atoms with E-state index in [9.17, 15) is 9.18 Å². The maximum absolute atomic E-state index is 13.5. The number of nitrogens with one attached hydrogen (secondary N) is 2. The molecule has 7 nitrogen and oxygen atoms in total. The number of nitrogens with two attached hydrogens (primary N) is 1. The van der Waals surface area contributed by atoms with Gasteiger partial charge in [-0.05, 0) is 42.3 Å². The van der Waals surface area contributed by atoms with E-state index in [0.717, 1.165) is 34.6 Å². The lowest BCUT2D eigenvalue weighted by molar-refractivity contribution is 0.100.